The van der Waals surface area contributed by atoms with Crippen LogP contribution in [0.15, 0.2) is 22.7 Å². The number of nitrogens with one attached hydrogen (secondary N) is 1. The van der Waals surface area contributed by atoms with Gasteiger partial charge in [-0.15, -0.1) is 0 Å². The molecule has 1 unspecified atom stereocenters. The summed E-state index contributed by atoms with van der Waals surface area (Å²) in [6.07, 6.45) is 2.77. The summed E-state index contributed by atoms with van der Waals surface area (Å²) in [7, 11) is 0. The van der Waals surface area contributed by atoms with Crippen molar-refractivity contribution in [3.8, 4) is 0 Å². The zero-order chi connectivity index (χ0) is 12.5. The summed E-state index contributed by atoms with van der Waals surface area (Å²) in [6, 6.07) is 4.97. The lowest BCUT2D eigenvalue weighted by atomic mass is 9.80. The van der Waals surface area contributed by atoms with Gasteiger partial charge in [0.1, 0.15) is 5.82 Å². The Hall–Kier alpha value is -0.450. The molecule has 0 radical (unpaired) electrons. The van der Waals surface area contributed by atoms with Gasteiger partial charge in [-0.3, -0.25) is 0 Å². The predicted molar refractivity (Wildman–Crippen MR) is 69.3 cm³/mol. The van der Waals surface area contributed by atoms with Crippen molar-refractivity contribution in [3.05, 3.63) is 34.1 Å². The molecule has 2 nitrogen and oxygen atoms in total. The minimum Gasteiger partial charge on any atom is -0.389 e. The second-order valence-electron chi connectivity index (χ2n) is 4.85. The average Bonchev–Trinajstić information content (AvgIpc) is 2.23. The fourth-order valence-electron chi connectivity index (χ4n) is 2.07. The molecule has 0 spiro atoms. The zero-order valence-electron chi connectivity index (χ0n) is 9.84. The molecule has 1 aliphatic carbocycles. The lowest BCUT2D eigenvalue weighted by Crippen LogP contribution is -2.46. The molecule has 0 saturated heterocycles. The highest BCUT2D eigenvalue weighted by Gasteiger charge is 2.34. The van der Waals surface area contributed by atoms with E-state index < -0.39 is 5.60 Å². The fourth-order valence-corrected chi connectivity index (χ4v) is 2.40. The molecule has 17 heavy (non-hydrogen) atoms. The van der Waals surface area contributed by atoms with E-state index >= 15 is 0 Å². The number of rotatable bonds is 4. The van der Waals surface area contributed by atoms with E-state index in [1.807, 2.05) is 13.0 Å². The van der Waals surface area contributed by atoms with E-state index in [2.05, 4.69) is 21.2 Å². The van der Waals surface area contributed by atoms with Gasteiger partial charge in [0, 0.05) is 22.6 Å². The van der Waals surface area contributed by atoms with E-state index in [-0.39, 0.29) is 11.9 Å². The van der Waals surface area contributed by atoms with Crippen LogP contribution in [0, 0.1) is 5.82 Å². The molecule has 1 saturated carbocycles. The number of hydrogen-bond donors (Lipinski definition) is 2. The summed E-state index contributed by atoms with van der Waals surface area (Å²) < 4.78 is 14.4. The third-order valence-corrected chi connectivity index (χ3v) is 3.94. The van der Waals surface area contributed by atoms with Crippen molar-refractivity contribution in [3.63, 3.8) is 0 Å². The summed E-state index contributed by atoms with van der Waals surface area (Å²) >= 11 is 3.24. The van der Waals surface area contributed by atoms with Gasteiger partial charge in [-0.25, -0.2) is 4.39 Å². The third-order valence-electron chi connectivity index (χ3n) is 3.45. The van der Waals surface area contributed by atoms with E-state index in [0.717, 1.165) is 23.7 Å². The molecule has 2 rings (SSSR count). The van der Waals surface area contributed by atoms with Crippen molar-refractivity contribution in [2.75, 3.05) is 6.54 Å². The highest BCUT2D eigenvalue weighted by atomic mass is 79.9. The largest absolute Gasteiger partial charge is 0.389 e. The van der Waals surface area contributed by atoms with Gasteiger partial charge < -0.3 is 10.4 Å². The standard InChI is InChI=1S/C13H17BrFNO/c1-9(16-8-13(17)5-2-6-13)11-4-3-10(14)7-12(11)15/h3-4,7,9,16-17H,2,5-6,8H2,1H3. The van der Waals surface area contributed by atoms with Crippen LogP contribution >= 0.6 is 15.9 Å². The molecule has 1 atom stereocenters. The molecule has 0 amide bonds. The Morgan fingerprint density at radius 3 is 2.76 bits per heavy atom. The van der Waals surface area contributed by atoms with Crippen LogP contribution in [-0.2, 0) is 0 Å². The number of hydrogen-bond acceptors (Lipinski definition) is 2. The van der Waals surface area contributed by atoms with Crippen LogP contribution in [-0.4, -0.2) is 17.3 Å². The van der Waals surface area contributed by atoms with Gasteiger partial charge in [0.05, 0.1) is 5.60 Å². The van der Waals surface area contributed by atoms with E-state index in [0.29, 0.717) is 12.1 Å². The van der Waals surface area contributed by atoms with Gasteiger partial charge in [0.15, 0.2) is 0 Å². The van der Waals surface area contributed by atoms with Crippen molar-refractivity contribution in [2.45, 2.75) is 37.8 Å². The smallest absolute Gasteiger partial charge is 0.129 e. The first-order chi connectivity index (χ1) is 8.00. The lowest BCUT2D eigenvalue weighted by molar-refractivity contribution is -0.0329. The Morgan fingerprint density at radius 2 is 2.24 bits per heavy atom. The molecular weight excluding hydrogens is 285 g/mol. The monoisotopic (exact) mass is 301 g/mol. The van der Waals surface area contributed by atoms with Crippen molar-refractivity contribution in [1.82, 2.24) is 5.32 Å². The van der Waals surface area contributed by atoms with Crippen LogP contribution in [0.4, 0.5) is 4.39 Å². The molecule has 1 aliphatic rings. The molecule has 2 N–H and O–H groups in total. The normalized spacial score (nSPS) is 19.8. The molecule has 0 aliphatic heterocycles. The molecular formula is C13H17BrFNO. The van der Waals surface area contributed by atoms with Crippen LogP contribution in [0.1, 0.15) is 37.8 Å². The summed E-state index contributed by atoms with van der Waals surface area (Å²) in [5.74, 6) is -0.222. The Bertz CT molecular complexity index is 406. The van der Waals surface area contributed by atoms with Crippen LogP contribution < -0.4 is 5.32 Å². The predicted octanol–water partition coefficient (Wildman–Crippen LogP) is 3.15. The highest BCUT2D eigenvalue weighted by molar-refractivity contribution is 9.10. The third kappa shape index (κ3) is 3.06. The maximum absolute atomic E-state index is 13.7. The number of halogens is 2. The van der Waals surface area contributed by atoms with Crippen LogP contribution in [0.2, 0.25) is 0 Å². The second kappa shape index (κ2) is 5.04. The minimum absolute atomic E-state index is 0.0901. The molecule has 1 aromatic carbocycles. The van der Waals surface area contributed by atoms with Gasteiger partial charge in [0.2, 0.25) is 0 Å². The Kier molecular flexibility index (Phi) is 3.85. The molecule has 0 bridgehead atoms. The van der Waals surface area contributed by atoms with Crippen LogP contribution in [0.3, 0.4) is 0 Å². The van der Waals surface area contributed by atoms with E-state index in [1.165, 1.54) is 6.07 Å². The first-order valence-electron chi connectivity index (χ1n) is 5.91. The Morgan fingerprint density at radius 1 is 1.53 bits per heavy atom. The molecule has 0 heterocycles. The van der Waals surface area contributed by atoms with Gasteiger partial charge in [0.25, 0.3) is 0 Å². The minimum atomic E-state index is -0.569. The summed E-state index contributed by atoms with van der Waals surface area (Å²) in [5, 5.41) is 13.2. The van der Waals surface area contributed by atoms with Gasteiger partial charge >= 0.3 is 0 Å². The Balaban J connectivity index is 1.96. The SMILES string of the molecule is CC(NCC1(O)CCC1)c1ccc(Br)cc1F. The van der Waals surface area contributed by atoms with Crippen molar-refractivity contribution >= 4 is 15.9 Å². The first-order valence-corrected chi connectivity index (χ1v) is 6.70. The summed E-state index contributed by atoms with van der Waals surface area (Å²) in [6.45, 7) is 2.44. The topological polar surface area (TPSA) is 32.3 Å². The summed E-state index contributed by atoms with van der Waals surface area (Å²) in [4.78, 5) is 0. The number of aliphatic hydroxyl groups is 1. The maximum Gasteiger partial charge on any atom is 0.129 e. The van der Waals surface area contributed by atoms with Crippen molar-refractivity contribution in [1.29, 1.82) is 0 Å². The average molecular weight is 302 g/mol. The molecule has 94 valence electrons. The fraction of sp³-hybridized carbons (Fsp3) is 0.538. The van der Waals surface area contributed by atoms with Gasteiger partial charge in [-0.05, 0) is 38.3 Å². The van der Waals surface area contributed by atoms with E-state index in [9.17, 15) is 9.50 Å². The molecule has 0 aromatic heterocycles. The summed E-state index contributed by atoms with van der Waals surface area (Å²) in [5.41, 5.74) is 0.0660. The van der Waals surface area contributed by atoms with Gasteiger partial charge in [-0.1, -0.05) is 22.0 Å². The van der Waals surface area contributed by atoms with Gasteiger partial charge in [-0.2, -0.15) is 0 Å². The van der Waals surface area contributed by atoms with Crippen molar-refractivity contribution < 1.29 is 9.50 Å². The lowest BCUT2D eigenvalue weighted by Gasteiger charge is -2.37. The Labute approximate surface area is 109 Å². The van der Waals surface area contributed by atoms with Crippen LogP contribution in [0.5, 0.6) is 0 Å². The zero-order valence-corrected chi connectivity index (χ0v) is 11.4. The second-order valence-corrected chi connectivity index (χ2v) is 5.76. The molecule has 4 heteroatoms. The molecule has 1 aromatic rings. The van der Waals surface area contributed by atoms with Crippen molar-refractivity contribution in [2.24, 2.45) is 0 Å². The highest BCUT2D eigenvalue weighted by Crippen LogP contribution is 2.31. The van der Waals surface area contributed by atoms with E-state index in [4.69, 9.17) is 0 Å². The maximum atomic E-state index is 13.7. The first kappa shape index (κ1) is 13.0. The van der Waals surface area contributed by atoms with Crippen LogP contribution in [0.25, 0.3) is 0 Å². The number of benzene rings is 1. The quantitative estimate of drug-likeness (QED) is 0.895. The molecule has 1 fully saturated rings. The van der Waals surface area contributed by atoms with E-state index in [1.54, 1.807) is 6.07 Å².